The van der Waals surface area contributed by atoms with E-state index in [9.17, 15) is 61.2 Å². The minimum atomic E-state index is -4.24. The van der Waals surface area contributed by atoms with Crippen molar-refractivity contribution < 1.29 is 89.6 Å². The highest BCUT2D eigenvalue weighted by Gasteiger charge is 2.41. The summed E-state index contributed by atoms with van der Waals surface area (Å²) in [6.07, 6.45) is 1.08. The number of alkyl carbamates (subject to hydrolysis) is 1. The Labute approximate surface area is 676 Å². The third-order valence-electron chi connectivity index (χ3n) is 18.4. The van der Waals surface area contributed by atoms with Crippen molar-refractivity contribution in [2.45, 2.75) is 196 Å². The number of hydrogen-bond acceptors (Lipinski definition) is 22. The van der Waals surface area contributed by atoms with Crippen LogP contribution in [0, 0.1) is 12.3 Å². The number of sulfonamides is 1. The van der Waals surface area contributed by atoms with E-state index in [4.69, 9.17) is 29.1 Å². The summed E-state index contributed by atoms with van der Waals surface area (Å²) in [6, 6.07) is 27.0. The first-order valence-corrected chi connectivity index (χ1v) is 42.1. The second kappa shape index (κ2) is 45.5. The van der Waals surface area contributed by atoms with E-state index in [0.717, 1.165) is 46.4 Å². The van der Waals surface area contributed by atoms with Crippen molar-refractivity contribution in [1.82, 2.24) is 62.8 Å². The van der Waals surface area contributed by atoms with Gasteiger partial charge in [0.2, 0.25) is 59.1 Å². The summed E-state index contributed by atoms with van der Waals surface area (Å²) in [7, 11) is -2.38. The topological polar surface area (TPSA) is 445 Å². The summed E-state index contributed by atoms with van der Waals surface area (Å²) in [5.74, 6) is -11.5. The molecule has 620 valence electrons. The van der Waals surface area contributed by atoms with Crippen LogP contribution in [0.15, 0.2) is 150 Å². The van der Waals surface area contributed by atoms with Gasteiger partial charge in [0, 0.05) is 31.0 Å². The molecule has 0 spiro atoms. The maximum Gasteiger partial charge on any atom is 0.408 e. The quantitative estimate of drug-likeness (QED) is 0.0109. The molecule has 35 heteroatoms. The lowest BCUT2D eigenvalue weighted by atomic mass is 9.98. The van der Waals surface area contributed by atoms with Crippen LogP contribution in [0.25, 0.3) is 0 Å². The minimum absolute atomic E-state index is 0.00308. The normalized spacial score (nSPS) is 22.0. The number of amides is 10. The Hall–Kier alpha value is -10.6. The van der Waals surface area contributed by atoms with Crippen molar-refractivity contribution >= 4 is 109 Å². The van der Waals surface area contributed by atoms with Crippen molar-refractivity contribution in [2.24, 2.45) is 0 Å². The van der Waals surface area contributed by atoms with Crippen LogP contribution in [0.4, 0.5) is 4.79 Å². The Morgan fingerprint density at radius 2 is 1.11 bits per heavy atom. The highest BCUT2D eigenvalue weighted by molar-refractivity contribution is 8.76. The Morgan fingerprint density at radius 1 is 0.574 bits per heavy atom. The molecule has 1 aliphatic carbocycles. The third kappa shape index (κ3) is 30.9. The van der Waals surface area contributed by atoms with Crippen molar-refractivity contribution in [3.63, 3.8) is 0 Å². The number of nitrogens with one attached hydrogen (secondary N) is 12. The predicted molar refractivity (Wildman–Crippen MR) is 428 cm³/mol. The molecule has 9 atom stereocenters. The first kappa shape index (κ1) is 89.9. The highest BCUT2D eigenvalue weighted by Crippen LogP contribution is 2.26. The van der Waals surface area contributed by atoms with Crippen LogP contribution in [0.5, 0.6) is 0 Å². The molecule has 0 bridgehead atoms. The summed E-state index contributed by atoms with van der Waals surface area (Å²) >= 11 is 0. The second-order valence-electron chi connectivity index (χ2n) is 28.9. The Balaban J connectivity index is 1.14. The molecule has 10 amide bonds. The molecule has 5 aromatic rings. The number of guanidine groups is 1. The van der Waals surface area contributed by atoms with E-state index in [2.05, 4.69) is 57.9 Å². The zero-order valence-electron chi connectivity index (χ0n) is 64.9. The maximum absolute atomic E-state index is 15.2. The average Bonchev–Trinajstić information content (AvgIpc) is 1.72. The predicted octanol–water partition coefficient (Wildman–Crippen LogP) is 4.07. The van der Waals surface area contributed by atoms with E-state index < -0.39 is 179 Å². The van der Waals surface area contributed by atoms with Crippen LogP contribution in [0.3, 0.4) is 0 Å². The van der Waals surface area contributed by atoms with Crippen molar-refractivity contribution in [1.29, 1.82) is 5.41 Å². The fourth-order valence-electron chi connectivity index (χ4n) is 12.3. The molecule has 2 unspecified atom stereocenters. The monoisotopic (exact) mass is 1650 g/mol. The van der Waals surface area contributed by atoms with Crippen LogP contribution in [-0.4, -0.2) is 201 Å². The Kier molecular flexibility index (Phi) is 35.6. The number of carbonyl (C=O) groups excluding carboxylic acids is 12. The van der Waals surface area contributed by atoms with Gasteiger partial charge in [-0.2, -0.15) is 0 Å². The zero-order chi connectivity index (χ0) is 82.9. The first-order chi connectivity index (χ1) is 55.1. The lowest BCUT2D eigenvalue weighted by Crippen LogP contribution is -2.60. The lowest BCUT2D eigenvalue weighted by molar-refractivity contribution is -0.153. The summed E-state index contributed by atoms with van der Waals surface area (Å²) in [5, 5.41) is 34.7. The number of benzene rings is 5. The van der Waals surface area contributed by atoms with Crippen molar-refractivity contribution in [3.05, 3.63) is 173 Å². The number of hydrogen-bond donors (Lipinski definition) is 12. The van der Waals surface area contributed by atoms with Crippen molar-refractivity contribution in [2.75, 3.05) is 44.4 Å². The number of carbonyl (C=O) groups is 12. The van der Waals surface area contributed by atoms with Gasteiger partial charge in [-0.05, 0) is 120 Å². The molecule has 8 rings (SSSR count). The van der Waals surface area contributed by atoms with E-state index in [0.29, 0.717) is 41.5 Å². The van der Waals surface area contributed by atoms with Crippen LogP contribution < -0.4 is 57.9 Å². The summed E-state index contributed by atoms with van der Waals surface area (Å²) in [4.78, 5) is 176. The highest BCUT2D eigenvalue weighted by atomic mass is 33.1. The molecule has 2 aliphatic heterocycles. The molecule has 12 N–H and O–H groups in total. The molecule has 3 fully saturated rings. The molecule has 2 heterocycles. The first-order valence-electron chi connectivity index (χ1n) is 38.1. The fourth-order valence-corrected chi connectivity index (χ4v) is 15.6. The molecule has 1 saturated carbocycles. The number of esters is 2. The van der Waals surface area contributed by atoms with Gasteiger partial charge in [0.1, 0.15) is 72.7 Å². The van der Waals surface area contributed by atoms with E-state index in [1.807, 2.05) is 0 Å². The lowest BCUT2D eigenvalue weighted by Gasteiger charge is -2.30. The molecular formula is C80H103N13O19S3. The minimum Gasteiger partial charge on any atom is -0.462 e. The van der Waals surface area contributed by atoms with Gasteiger partial charge in [-0.25, -0.2) is 22.7 Å². The van der Waals surface area contributed by atoms with Crippen molar-refractivity contribution in [3.8, 4) is 0 Å². The van der Waals surface area contributed by atoms with E-state index in [-0.39, 0.29) is 75.0 Å². The number of nitrogens with zero attached hydrogens (tertiary/aromatic N) is 1. The molecule has 2 saturated heterocycles. The number of aryl methyl sites for hydroxylation is 1. The fraction of sp³-hybridized carbons (Fsp3) is 0.463. The van der Waals surface area contributed by atoms with Gasteiger partial charge in [-0.15, -0.1) is 0 Å². The van der Waals surface area contributed by atoms with Gasteiger partial charge < -0.3 is 81.8 Å². The number of fused-ring (bicyclic) bond motifs is 1. The second-order valence-corrected chi connectivity index (χ2v) is 33.2. The average molecular weight is 1650 g/mol. The smallest absolute Gasteiger partial charge is 0.408 e. The van der Waals surface area contributed by atoms with Gasteiger partial charge in [0.15, 0.2) is 0 Å². The zero-order valence-corrected chi connectivity index (χ0v) is 67.4. The van der Waals surface area contributed by atoms with Crippen LogP contribution in [-0.2, 0) is 113 Å². The molecule has 0 aromatic heterocycles. The summed E-state index contributed by atoms with van der Waals surface area (Å²) in [5.41, 5.74) is 2.22. The molecular weight excluding hydrogens is 1540 g/mol. The third-order valence-corrected chi connectivity index (χ3v) is 22.2. The van der Waals surface area contributed by atoms with E-state index in [1.54, 1.807) is 161 Å². The van der Waals surface area contributed by atoms with E-state index >= 15 is 4.79 Å². The molecule has 3 aliphatic rings. The van der Waals surface area contributed by atoms with Gasteiger partial charge in [0.25, 0.3) is 10.0 Å². The molecule has 5 aromatic carbocycles. The van der Waals surface area contributed by atoms with Gasteiger partial charge in [-0.3, -0.25) is 53.4 Å². The SMILES string of the molecule is Cc1ccc(S(=O)(=O)NC(=N)NCCC[C@@H]2NC(=O)[C@@H](NC(=O)OC(C)(C)C)CSSC[C@@H](C(=O)OCc3ccccc3)NC(=O)C(COCc3ccccc3)NC(=O)[C@H](COCc3ccccc3)NC(=O)[C@H](C)NC(=O)[C@@H]3CCCN3C(=O)[C@H](Cc3ccccc3)NC(=O)C(CC(=O)OC3CCCCC3)NC(=O)CNC2=O)cc1. The van der Waals surface area contributed by atoms with E-state index in [1.165, 1.54) is 24.0 Å². The standard InChI is InChI=1S/C80H103N13O19S3/c1-51-35-37-58(38-36-51)115(106,107)92-78(81)82-39-21-33-59-70(97)83-43-67(94)85-60(42-68(95)111-57-31-19-10-20-32-57)71(98)87-61(41-53-23-11-6-12-24-53)76(103)93-40-22-34-66(93)75(102)84-52(2)69(96)88-62(47-108-44-54-25-13-7-14-26-54)72(99)89-63(48-109-45-55-27-15-8-16-28-55)73(100)90-65(77(104)110-46-56-29-17-9-18-30-56)50-114-113-49-64(74(101)86-59)91-79(105)112-80(3,4)5/h6-9,11-18,23-30,35-38,52,57,59-66H,10,19-22,31-34,39-50H2,1-5H3,(H,83,97)(H,84,102)(H,85,94)(H,86,101)(H,87,98)(H,88,96)(H,89,99)(H,90,100)(H,91,105)(H3,81,82,92)/t52-,59-,60?,61-,62-,63?,64-,65-,66-/m0/s1. The van der Waals surface area contributed by atoms with Gasteiger partial charge in [-0.1, -0.05) is 167 Å². The van der Waals surface area contributed by atoms with Crippen LogP contribution in [0.1, 0.15) is 120 Å². The maximum atomic E-state index is 15.2. The van der Waals surface area contributed by atoms with Crippen LogP contribution >= 0.6 is 21.6 Å². The number of rotatable bonds is 23. The van der Waals surface area contributed by atoms with Gasteiger partial charge in [0.05, 0.1) is 44.3 Å². The van der Waals surface area contributed by atoms with Gasteiger partial charge >= 0.3 is 18.0 Å². The largest absolute Gasteiger partial charge is 0.462 e. The number of ether oxygens (including phenoxy) is 5. The summed E-state index contributed by atoms with van der Waals surface area (Å²) < 4.78 is 57.8. The Bertz CT molecular complexity index is 4230. The summed E-state index contributed by atoms with van der Waals surface area (Å²) in [6.45, 7) is 5.40. The Morgan fingerprint density at radius 3 is 1.71 bits per heavy atom. The van der Waals surface area contributed by atoms with Crippen LogP contribution in [0.2, 0.25) is 0 Å². The molecule has 115 heavy (non-hydrogen) atoms. The molecule has 32 nitrogen and oxygen atoms in total. The molecule has 0 radical (unpaired) electrons.